The van der Waals surface area contributed by atoms with Gasteiger partial charge < -0.3 is 32.8 Å². The molecule has 0 atom stereocenters. The second-order valence-electron chi connectivity index (χ2n) is 23.0. The standard InChI is InChI=1S/C77H81N3O6/c1-7-11-15-19-43-83-59-33-39-71-65(49-59)66-50-60(84-44-20-16-12-8-2)34-40-72(66)79(71)57-29-23-53(24-30-57)55-27-37-63-64-38-28-56(48-70(64)75(69(63)47-55)76(78-5)77(81)82-6)54-25-31-58(32-26-54)80-73-41-35-61(85-45-21-17-13-9-3)51-67(73)68-52-62(36-42-74(68)80)86-46-22-18-14-10-4/h23-42,47-52H,7-22,43-46H2,1-4,6H3. The summed E-state index contributed by atoms with van der Waals surface area (Å²) < 4.78 is 35.2. The molecule has 1 aliphatic rings. The smallest absolute Gasteiger partial charge is 0.336 e. The lowest BCUT2D eigenvalue weighted by molar-refractivity contribution is -0.135. The van der Waals surface area contributed by atoms with Gasteiger partial charge in [-0.1, -0.05) is 153 Å². The van der Waals surface area contributed by atoms with Crippen molar-refractivity contribution in [2.24, 2.45) is 0 Å². The molecule has 0 spiro atoms. The minimum Gasteiger partial charge on any atom is -0.494 e. The minimum atomic E-state index is -0.664. The lowest BCUT2D eigenvalue weighted by Gasteiger charge is -2.12. The molecule has 1 aliphatic carbocycles. The third kappa shape index (κ3) is 12.6. The fourth-order valence-electron chi connectivity index (χ4n) is 12.4. The molecule has 9 nitrogen and oxygen atoms in total. The van der Waals surface area contributed by atoms with E-state index in [1.54, 1.807) is 0 Å². The van der Waals surface area contributed by atoms with Crippen LogP contribution < -0.4 is 18.9 Å². The Morgan fingerprint density at radius 2 is 0.686 bits per heavy atom. The van der Waals surface area contributed by atoms with Crippen molar-refractivity contribution in [3.63, 3.8) is 0 Å². The number of hydrogen-bond acceptors (Lipinski definition) is 6. The third-order valence-corrected chi connectivity index (χ3v) is 17.0. The number of fused-ring (bicyclic) bond motifs is 9. The number of rotatable bonds is 29. The van der Waals surface area contributed by atoms with E-state index in [0.29, 0.717) is 32.0 Å². The van der Waals surface area contributed by atoms with Crippen molar-refractivity contribution in [2.75, 3.05) is 33.5 Å². The molecule has 86 heavy (non-hydrogen) atoms. The highest BCUT2D eigenvalue weighted by atomic mass is 16.5. The van der Waals surface area contributed by atoms with E-state index in [1.165, 1.54) is 58.5 Å². The molecule has 8 aromatic carbocycles. The van der Waals surface area contributed by atoms with E-state index in [9.17, 15) is 4.79 Å². The van der Waals surface area contributed by atoms with Gasteiger partial charge in [0.1, 0.15) is 23.0 Å². The molecule has 0 aliphatic heterocycles. The van der Waals surface area contributed by atoms with Gasteiger partial charge in [-0.15, -0.1) is 0 Å². The highest BCUT2D eigenvalue weighted by molar-refractivity contribution is 6.13. The molecule has 0 fully saturated rings. The normalized spacial score (nSPS) is 11.8. The van der Waals surface area contributed by atoms with Crippen molar-refractivity contribution in [1.82, 2.24) is 9.13 Å². The topological polar surface area (TPSA) is 77.4 Å². The molecule has 0 unspecified atom stereocenters. The first-order chi connectivity index (χ1) is 42.3. The largest absolute Gasteiger partial charge is 0.494 e. The number of carbonyl (C=O) groups excluding carboxylic acids is 1. The maximum absolute atomic E-state index is 13.6. The van der Waals surface area contributed by atoms with Gasteiger partial charge in [0.05, 0.1) is 62.2 Å². The molecule has 9 heteroatoms. The van der Waals surface area contributed by atoms with Crippen LogP contribution in [-0.4, -0.2) is 48.6 Å². The van der Waals surface area contributed by atoms with E-state index in [1.807, 2.05) is 0 Å². The number of unbranched alkanes of at least 4 members (excludes halogenated alkanes) is 12. The van der Waals surface area contributed by atoms with Crippen molar-refractivity contribution in [2.45, 2.75) is 130 Å². The van der Waals surface area contributed by atoms with Crippen LogP contribution in [0.3, 0.4) is 0 Å². The molecular formula is C77H81N3O6. The van der Waals surface area contributed by atoms with Crippen LogP contribution >= 0.6 is 0 Å². The van der Waals surface area contributed by atoms with Gasteiger partial charge >= 0.3 is 5.97 Å². The van der Waals surface area contributed by atoms with Crippen molar-refractivity contribution >= 4 is 55.2 Å². The number of nitrogens with zero attached hydrogens (tertiary/aromatic N) is 3. The number of benzene rings is 8. The zero-order valence-electron chi connectivity index (χ0n) is 50.9. The van der Waals surface area contributed by atoms with Crippen LogP contribution in [0.2, 0.25) is 0 Å². The predicted molar refractivity (Wildman–Crippen MR) is 355 cm³/mol. The molecule has 0 N–H and O–H groups in total. The first kappa shape index (κ1) is 59.0. The maximum Gasteiger partial charge on any atom is 0.336 e. The fraction of sp³-hybridized carbons (Fsp3) is 0.325. The van der Waals surface area contributed by atoms with Gasteiger partial charge in [0.15, 0.2) is 0 Å². The summed E-state index contributed by atoms with van der Waals surface area (Å²) in [5.74, 6) is 2.83. The number of carbonyl (C=O) groups is 1. The Kier molecular flexibility index (Phi) is 19.2. The zero-order chi connectivity index (χ0) is 59.4. The minimum absolute atomic E-state index is 0.0459. The molecule has 0 bridgehead atoms. The Morgan fingerprint density at radius 1 is 0.372 bits per heavy atom. The summed E-state index contributed by atoms with van der Waals surface area (Å²) >= 11 is 0. The summed E-state index contributed by atoms with van der Waals surface area (Å²) in [6.45, 7) is 20.1. The summed E-state index contributed by atoms with van der Waals surface area (Å²) in [6, 6.07) is 55.8. The molecule has 2 heterocycles. The van der Waals surface area contributed by atoms with Gasteiger partial charge in [-0.05, 0) is 179 Å². The summed E-state index contributed by atoms with van der Waals surface area (Å²) in [4.78, 5) is 17.5. The number of methoxy groups -OCH3 is 1. The van der Waals surface area contributed by atoms with Gasteiger partial charge in [-0.25, -0.2) is 4.85 Å². The molecule has 0 amide bonds. The van der Waals surface area contributed by atoms with Crippen molar-refractivity contribution < 1.29 is 28.5 Å². The zero-order valence-corrected chi connectivity index (χ0v) is 50.9. The molecule has 0 saturated carbocycles. The van der Waals surface area contributed by atoms with Gasteiger partial charge in [0.2, 0.25) is 0 Å². The van der Waals surface area contributed by atoms with Crippen LogP contribution in [0.25, 0.3) is 98.8 Å². The van der Waals surface area contributed by atoms with Gasteiger partial charge in [-0.2, -0.15) is 0 Å². The van der Waals surface area contributed by atoms with Crippen LogP contribution in [0.5, 0.6) is 23.0 Å². The molecule has 0 saturated heterocycles. The van der Waals surface area contributed by atoms with Crippen LogP contribution in [0, 0.1) is 6.57 Å². The Bertz CT molecular complexity index is 3700. The molecule has 2 aromatic heterocycles. The van der Waals surface area contributed by atoms with Crippen LogP contribution in [0.4, 0.5) is 0 Å². The second-order valence-corrected chi connectivity index (χ2v) is 23.0. The van der Waals surface area contributed by atoms with E-state index in [-0.39, 0.29) is 5.70 Å². The first-order valence-electron chi connectivity index (χ1n) is 31.7. The predicted octanol–water partition coefficient (Wildman–Crippen LogP) is 20.9. The Balaban J connectivity index is 0.894. The third-order valence-electron chi connectivity index (χ3n) is 17.0. The van der Waals surface area contributed by atoms with E-state index in [0.717, 1.165) is 174 Å². The highest BCUT2D eigenvalue weighted by Crippen LogP contribution is 2.49. The molecule has 440 valence electrons. The number of aromatic nitrogens is 2. The van der Waals surface area contributed by atoms with E-state index in [2.05, 4.69) is 199 Å². The average molecular weight is 1140 g/mol. The number of ether oxygens (including phenoxy) is 5. The fourth-order valence-corrected chi connectivity index (χ4v) is 12.4. The van der Waals surface area contributed by atoms with E-state index < -0.39 is 5.97 Å². The number of esters is 1. The van der Waals surface area contributed by atoms with E-state index >= 15 is 0 Å². The van der Waals surface area contributed by atoms with Gasteiger partial charge in [0.25, 0.3) is 5.70 Å². The van der Waals surface area contributed by atoms with Crippen LogP contribution in [-0.2, 0) is 9.53 Å². The first-order valence-corrected chi connectivity index (χ1v) is 31.7. The lowest BCUT2D eigenvalue weighted by Crippen LogP contribution is -2.04. The maximum atomic E-state index is 13.6. The van der Waals surface area contributed by atoms with Crippen molar-refractivity contribution in [3.05, 3.63) is 186 Å². The van der Waals surface area contributed by atoms with Crippen LogP contribution in [0.15, 0.2) is 163 Å². The average Bonchev–Trinajstić information content (AvgIpc) is 2.22. The Hall–Kier alpha value is -8.74. The second kappa shape index (κ2) is 28.0. The summed E-state index contributed by atoms with van der Waals surface area (Å²) in [6.07, 6.45) is 18.4. The Morgan fingerprint density at radius 3 is 0.977 bits per heavy atom. The lowest BCUT2D eigenvalue weighted by atomic mass is 9.96. The molecule has 11 rings (SSSR count). The van der Waals surface area contributed by atoms with Gasteiger partial charge in [-0.3, -0.25) is 4.79 Å². The summed E-state index contributed by atoms with van der Waals surface area (Å²) in [5.41, 5.74) is 14.5. The van der Waals surface area contributed by atoms with Crippen molar-refractivity contribution in [1.29, 1.82) is 0 Å². The Labute approximate surface area is 508 Å². The SMILES string of the molecule is [C-]#[N+]C(C(=O)OC)=C1c2cc(-c3ccc(-n4c5ccc(OCCCCCC)cc5c5cc(OCCCCCC)ccc54)cc3)ccc2-c2ccc(-c3ccc(-n4c5ccc(OCCCCCC)cc5c5cc(OCCCCCC)ccc54)cc3)cc21. The molecule has 10 aromatic rings. The van der Waals surface area contributed by atoms with Crippen molar-refractivity contribution in [3.8, 4) is 67.8 Å². The molecule has 0 radical (unpaired) electrons. The highest BCUT2D eigenvalue weighted by Gasteiger charge is 2.31. The quantitative estimate of drug-likeness (QED) is 0.0201. The van der Waals surface area contributed by atoms with E-state index in [4.69, 9.17) is 30.3 Å². The monoisotopic (exact) mass is 1140 g/mol. The van der Waals surface area contributed by atoms with Gasteiger partial charge in [0, 0.05) is 38.5 Å². The molecular weight excluding hydrogens is 1060 g/mol. The van der Waals surface area contributed by atoms with Crippen LogP contribution in [0.1, 0.15) is 142 Å². The number of hydrogen-bond donors (Lipinski definition) is 0. The summed E-state index contributed by atoms with van der Waals surface area (Å²) in [5, 5.41) is 4.47. The summed E-state index contributed by atoms with van der Waals surface area (Å²) in [7, 11) is 1.34.